The van der Waals surface area contributed by atoms with Crippen LogP contribution in [0.1, 0.15) is 20.8 Å². The van der Waals surface area contributed by atoms with Crippen LogP contribution in [0.2, 0.25) is 0 Å². The van der Waals surface area contributed by atoms with E-state index in [2.05, 4.69) is 31.1 Å². The molecular weight excluding hydrogens is 365 g/mol. The Balaban J connectivity index is 0.00000200. The normalized spacial score (nSPS) is 28.2. The van der Waals surface area contributed by atoms with Crippen LogP contribution in [0.4, 0.5) is 5.69 Å². The van der Waals surface area contributed by atoms with Crippen molar-refractivity contribution in [2.75, 3.05) is 12.4 Å². The highest BCUT2D eigenvalue weighted by atomic mass is 127. The van der Waals surface area contributed by atoms with E-state index in [4.69, 9.17) is 10.5 Å². The van der Waals surface area contributed by atoms with Crippen LogP contribution in [0.25, 0.3) is 0 Å². The first kappa shape index (κ1) is 17.2. The summed E-state index contributed by atoms with van der Waals surface area (Å²) in [4.78, 5) is 4.61. The number of nitrogens with one attached hydrogen (secondary N) is 1. The van der Waals surface area contributed by atoms with Crippen molar-refractivity contribution in [3.05, 3.63) is 30.3 Å². The van der Waals surface area contributed by atoms with Crippen molar-refractivity contribution >= 4 is 35.6 Å². The molecule has 112 valence electrons. The number of halogens is 1. The van der Waals surface area contributed by atoms with E-state index in [1.165, 1.54) is 0 Å². The first-order valence-electron chi connectivity index (χ1n) is 6.65. The Morgan fingerprint density at radius 3 is 2.40 bits per heavy atom. The van der Waals surface area contributed by atoms with Gasteiger partial charge in [0.1, 0.15) is 0 Å². The lowest BCUT2D eigenvalue weighted by Crippen LogP contribution is -2.61. The molecule has 0 spiro atoms. The number of anilines is 1. The van der Waals surface area contributed by atoms with Gasteiger partial charge in [-0.05, 0) is 12.1 Å². The molecule has 0 saturated heterocycles. The van der Waals surface area contributed by atoms with E-state index in [0.717, 1.165) is 5.69 Å². The monoisotopic (exact) mass is 389 g/mol. The molecule has 0 radical (unpaired) electrons. The average Bonchev–Trinajstić information content (AvgIpc) is 2.37. The van der Waals surface area contributed by atoms with E-state index in [1.807, 2.05) is 30.3 Å². The molecule has 2 rings (SSSR count). The van der Waals surface area contributed by atoms with E-state index >= 15 is 0 Å². The van der Waals surface area contributed by atoms with Gasteiger partial charge in [-0.2, -0.15) is 0 Å². The molecule has 1 aliphatic carbocycles. The highest BCUT2D eigenvalue weighted by molar-refractivity contribution is 14.0. The smallest absolute Gasteiger partial charge is 0.193 e. The minimum atomic E-state index is 0. The fourth-order valence-corrected chi connectivity index (χ4v) is 3.22. The number of ether oxygens (including phenoxy) is 1. The van der Waals surface area contributed by atoms with E-state index in [9.17, 15) is 0 Å². The summed E-state index contributed by atoms with van der Waals surface area (Å²) >= 11 is 0. The highest BCUT2D eigenvalue weighted by Gasteiger charge is 2.54. The van der Waals surface area contributed by atoms with Crippen LogP contribution < -0.4 is 11.1 Å². The van der Waals surface area contributed by atoms with E-state index in [1.54, 1.807) is 7.11 Å². The summed E-state index contributed by atoms with van der Waals surface area (Å²) in [6.45, 7) is 6.50. The minimum Gasteiger partial charge on any atom is -0.380 e. The summed E-state index contributed by atoms with van der Waals surface area (Å²) in [5, 5.41) is 3.12. The molecule has 4 nitrogen and oxygen atoms in total. The zero-order valence-electron chi connectivity index (χ0n) is 12.5. The molecule has 1 aromatic carbocycles. The molecule has 5 heteroatoms. The quantitative estimate of drug-likeness (QED) is 0.475. The molecule has 3 N–H and O–H groups in total. The van der Waals surface area contributed by atoms with Gasteiger partial charge in [-0.3, -0.25) is 0 Å². The molecule has 20 heavy (non-hydrogen) atoms. The lowest BCUT2D eigenvalue weighted by atomic mass is 9.58. The Bertz CT molecular complexity index is 461. The van der Waals surface area contributed by atoms with Crippen LogP contribution in [0.3, 0.4) is 0 Å². The molecule has 0 aliphatic heterocycles. The Labute approximate surface area is 138 Å². The van der Waals surface area contributed by atoms with Gasteiger partial charge in [-0.15, -0.1) is 24.0 Å². The molecule has 3 atom stereocenters. The fraction of sp³-hybridized carbons (Fsp3) is 0.533. The van der Waals surface area contributed by atoms with Crippen LogP contribution in [-0.4, -0.2) is 25.2 Å². The topological polar surface area (TPSA) is 59.6 Å². The third-order valence-corrected chi connectivity index (χ3v) is 4.05. The van der Waals surface area contributed by atoms with Gasteiger partial charge in [0.15, 0.2) is 5.96 Å². The number of hydrogen-bond acceptors (Lipinski definition) is 2. The summed E-state index contributed by atoms with van der Waals surface area (Å²) in [7, 11) is 1.76. The second kappa shape index (κ2) is 6.76. The number of para-hydroxylation sites is 1. The number of rotatable bonds is 3. The van der Waals surface area contributed by atoms with Crippen molar-refractivity contribution in [2.24, 2.45) is 22.1 Å². The zero-order chi connectivity index (χ0) is 14.0. The second-order valence-corrected chi connectivity index (χ2v) is 5.79. The van der Waals surface area contributed by atoms with Gasteiger partial charge in [-0.1, -0.05) is 39.0 Å². The number of benzene rings is 1. The molecule has 1 saturated carbocycles. The zero-order valence-corrected chi connectivity index (χ0v) is 14.8. The van der Waals surface area contributed by atoms with Crippen molar-refractivity contribution in [3.8, 4) is 0 Å². The van der Waals surface area contributed by atoms with Crippen LogP contribution >= 0.6 is 24.0 Å². The average molecular weight is 389 g/mol. The number of nitrogens with two attached hydrogens (primary N) is 1. The standard InChI is InChI=1S/C15H23N3O.HI/c1-10-12(15(2,3)13(10)19-4)18-14(16)17-11-8-6-5-7-9-11;/h5-10,12-13H,1-4H3,(H3,16,17,18);1H. The van der Waals surface area contributed by atoms with Crippen molar-refractivity contribution in [2.45, 2.75) is 32.9 Å². The number of nitrogens with zero attached hydrogens (tertiary/aromatic N) is 1. The predicted molar refractivity (Wildman–Crippen MR) is 94.6 cm³/mol. The number of methoxy groups -OCH3 is 1. The Hall–Kier alpha value is -0.820. The van der Waals surface area contributed by atoms with Crippen molar-refractivity contribution < 1.29 is 4.74 Å². The van der Waals surface area contributed by atoms with Crippen molar-refractivity contribution in [1.29, 1.82) is 0 Å². The molecule has 0 amide bonds. The van der Waals surface area contributed by atoms with Crippen LogP contribution in [0.15, 0.2) is 35.3 Å². The summed E-state index contributed by atoms with van der Waals surface area (Å²) < 4.78 is 5.51. The van der Waals surface area contributed by atoms with E-state index in [0.29, 0.717) is 11.9 Å². The predicted octanol–water partition coefficient (Wildman–Crippen LogP) is 3.09. The number of guanidine groups is 1. The molecule has 0 heterocycles. The molecule has 0 aromatic heterocycles. The molecule has 0 bridgehead atoms. The van der Waals surface area contributed by atoms with E-state index < -0.39 is 0 Å². The number of aliphatic imine (C=N–C) groups is 1. The molecule has 1 fully saturated rings. The summed E-state index contributed by atoms with van der Waals surface area (Å²) in [6.07, 6.45) is 0.241. The summed E-state index contributed by atoms with van der Waals surface area (Å²) in [5.74, 6) is 0.849. The maximum Gasteiger partial charge on any atom is 0.193 e. The Kier molecular flexibility index (Phi) is 5.82. The van der Waals surface area contributed by atoms with Crippen LogP contribution in [0.5, 0.6) is 0 Å². The van der Waals surface area contributed by atoms with E-state index in [-0.39, 0.29) is 41.5 Å². The van der Waals surface area contributed by atoms with Gasteiger partial charge in [0.25, 0.3) is 0 Å². The molecule has 1 aliphatic rings. The third-order valence-electron chi connectivity index (χ3n) is 4.05. The van der Waals surface area contributed by atoms with Gasteiger partial charge in [0, 0.05) is 24.1 Å². The molecular formula is C15H24IN3O. The van der Waals surface area contributed by atoms with Gasteiger partial charge in [0.2, 0.25) is 0 Å². The SMILES string of the molecule is COC1C(C)C(N=C(N)Nc2ccccc2)C1(C)C.I. The lowest BCUT2D eigenvalue weighted by molar-refractivity contribution is -0.132. The molecule has 3 unspecified atom stereocenters. The van der Waals surface area contributed by atoms with Gasteiger partial charge in [0.05, 0.1) is 12.1 Å². The second-order valence-electron chi connectivity index (χ2n) is 5.79. The summed E-state index contributed by atoms with van der Waals surface area (Å²) in [5.41, 5.74) is 6.96. The maximum absolute atomic E-state index is 5.98. The van der Waals surface area contributed by atoms with Gasteiger partial charge in [-0.25, -0.2) is 4.99 Å². The first-order chi connectivity index (χ1) is 8.96. The van der Waals surface area contributed by atoms with Crippen LogP contribution in [0, 0.1) is 11.3 Å². The van der Waals surface area contributed by atoms with Gasteiger partial charge < -0.3 is 15.8 Å². The fourth-order valence-electron chi connectivity index (χ4n) is 3.22. The summed E-state index contributed by atoms with van der Waals surface area (Å²) in [6, 6.07) is 10.0. The largest absolute Gasteiger partial charge is 0.380 e. The lowest BCUT2D eigenvalue weighted by Gasteiger charge is -2.54. The third kappa shape index (κ3) is 3.25. The van der Waals surface area contributed by atoms with Crippen molar-refractivity contribution in [1.82, 2.24) is 0 Å². The molecule has 1 aromatic rings. The Morgan fingerprint density at radius 2 is 1.90 bits per heavy atom. The van der Waals surface area contributed by atoms with Gasteiger partial charge >= 0.3 is 0 Å². The Morgan fingerprint density at radius 1 is 1.30 bits per heavy atom. The maximum atomic E-state index is 5.98. The van der Waals surface area contributed by atoms with Crippen LogP contribution in [-0.2, 0) is 4.74 Å². The van der Waals surface area contributed by atoms with Crippen molar-refractivity contribution in [3.63, 3.8) is 0 Å². The number of hydrogen-bond donors (Lipinski definition) is 2. The minimum absolute atomic E-state index is 0. The highest BCUT2D eigenvalue weighted by Crippen LogP contribution is 2.48. The first-order valence-corrected chi connectivity index (χ1v) is 6.65.